The summed E-state index contributed by atoms with van der Waals surface area (Å²) in [6.45, 7) is 10.4. The van der Waals surface area contributed by atoms with Crippen molar-refractivity contribution in [2.45, 2.75) is 123 Å². The van der Waals surface area contributed by atoms with Gasteiger partial charge >= 0.3 is 0 Å². The van der Waals surface area contributed by atoms with E-state index in [0.717, 1.165) is 43.1 Å². The number of aliphatic hydroxyl groups is 3. The summed E-state index contributed by atoms with van der Waals surface area (Å²) in [6, 6.07) is 0. The molecule has 0 aromatic heterocycles. The molecule has 0 heterocycles. The number of rotatable bonds is 7. The molecule has 0 radical (unpaired) electrons. The maximum Gasteiger partial charge on any atom is 0.0788 e. The number of aliphatic hydroxyl groups excluding tert-OH is 2. The van der Waals surface area contributed by atoms with Crippen LogP contribution < -0.4 is 0 Å². The van der Waals surface area contributed by atoms with E-state index in [4.69, 9.17) is 5.11 Å². The zero-order valence-electron chi connectivity index (χ0n) is 21.5. The number of hydrogen-bond acceptors (Lipinski definition) is 3. The van der Waals surface area contributed by atoms with Gasteiger partial charge in [0.15, 0.2) is 0 Å². The van der Waals surface area contributed by atoms with Crippen molar-refractivity contribution in [1.29, 1.82) is 0 Å². The number of hydrogen-bond donors (Lipinski definition) is 3. The lowest BCUT2D eigenvalue weighted by atomic mass is 9.62. The normalized spacial score (nSPS) is 34.5. The maximum absolute atomic E-state index is 10.3. The van der Waals surface area contributed by atoms with Crippen molar-refractivity contribution < 1.29 is 15.3 Å². The van der Waals surface area contributed by atoms with Crippen molar-refractivity contribution in [2.24, 2.45) is 17.3 Å². The van der Waals surface area contributed by atoms with E-state index in [1.54, 1.807) is 11.6 Å². The van der Waals surface area contributed by atoms with Crippen molar-refractivity contribution in [1.82, 2.24) is 0 Å². The van der Waals surface area contributed by atoms with Gasteiger partial charge in [-0.3, -0.25) is 0 Å². The van der Waals surface area contributed by atoms with Gasteiger partial charge in [0.2, 0.25) is 0 Å². The van der Waals surface area contributed by atoms with E-state index in [0.29, 0.717) is 11.8 Å². The first-order valence-electron chi connectivity index (χ1n) is 13.3. The first-order valence-corrected chi connectivity index (χ1v) is 13.3. The molecule has 3 nitrogen and oxygen atoms in total. The smallest absolute Gasteiger partial charge is 0.0788 e. The molecule has 0 amide bonds. The van der Waals surface area contributed by atoms with E-state index in [2.05, 4.69) is 19.1 Å². The summed E-state index contributed by atoms with van der Waals surface area (Å²) in [6.07, 6.45) is 19.8. The lowest BCUT2D eigenvalue weighted by molar-refractivity contribution is 0.0659. The Hall–Kier alpha value is -0.900. The average molecular weight is 447 g/mol. The zero-order valence-corrected chi connectivity index (χ0v) is 21.5. The summed E-state index contributed by atoms with van der Waals surface area (Å²) in [7, 11) is 0. The Kier molecular flexibility index (Phi) is 10.7. The molecular weight excluding hydrogens is 396 g/mol. The summed E-state index contributed by atoms with van der Waals surface area (Å²) in [5.41, 5.74) is 3.90. The topological polar surface area (TPSA) is 60.7 Å². The highest BCUT2D eigenvalue weighted by atomic mass is 16.3. The Labute approximate surface area is 197 Å². The largest absolute Gasteiger partial charge is 0.392 e. The Morgan fingerprint density at radius 1 is 1.03 bits per heavy atom. The fourth-order valence-electron chi connectivity index (χ4n) is 6.45. The van der Waals surface area contributed by atoms with Crippen LogP contribution in [-0.4, -0.2) is 33.6 Å². The van der Waals surface area contributed by atoms with Gasteiger partial charge in [0.1, 0.15) is 0 Å². The lowest BCUT2D eigenvalue weighted by Crippen LogP contribution is -2.33. The molecule has 32 heavy (non-hydrogen) atoms. The molecule has 3 aliphatic carbocycles. The third kappa shape index (κ3) is 7.30. The van der Waals surface area contributed by atoms with E-state index in [9.17, 15) is 10.2 Å². The standard InChI is InChI=1S/C27H44O3.C2H6/c1-26(2,30)16-5-4-8-23-13-14-24-21(7-6-17-27(23,24)3)11-9-20-10-12-22(15-18-28)25(29)19-20;1-2/h9,11,15,23-25,28-30H,4-8,10,12-14,16-19H2,1-3H3;1-2H3/b20-9-,21-11+,22-15-;. The maximum atomic E-state index is 10.3. The fraction of sp³-hybridized carbons (Fsp3) is 0.793. The van der Waals surface area contributed by atoms with Crippen LogP contribution in [0.15, 0.2) is 34.9 Å². The molecule has 0 spiro atoms. The SMILES string of the molecule is CC.CC(C)(O)CCCCC1CCC2/C(=C/C=C3/CC/C(=C/CO)C(O)C3)CCCC12C. The van der Waals surface area contributed by atoms with Crippen LogP contribution in [0.25, 0.3) is 0 Å². The summed E-state index contributed by atoms with van der Waals surface area (Å²) in [5, 5.41) is 29.4. The Morgan fingerprint density at radius 3 is 2.44 bits per heavy atom. The van der Waals surface area contributed by atoms with Crippen LogP contribution >= 0.6 is 0 Å². The highest BCUT2D eigenvalue weighted by Gasteiger charge is 2.48. The summed E-state index contributed by atoms with van der Waals surface area (Å²) in [4.78, 5) is 0. The minimum atomic E-state index is -0.530. The zero-order chi connectivity index (χ0) is 23.8. The van der Waals surface area contributed by atoms with E-state index in [1.807, 2.05) is 27.7 Å². The predicted octanol–water partition coefficient (Wildman–Crippen LogP) is 6.88. The van der Waals surface area contributed by atoms with Gasteiger partial charge < -0.3 is 15.3 Å². The molecule has 0 saturated heterocycles. The second-order valence-electron chi connectivity index (χ2n) is 11.0. The molecule has 3 heteroatoms. The Balaban J connectivity index is 0.00000176. The molecule has 0 aliphatic heterocycles. The van der Waals surface area contributed by atoms with Crippen LogP contribution in [0.3, 0.4) is 0 Å². The van der Waals surface area contributed by atoms with Crippen molar-refractivity contribution >= 4 is 0 Å². The van der Waals surface area contributed by atoms with Gasteiger partial charge in [-0.05, 0) is 101 Å². The lowest BCUT2D eigenvalue weighted by Gasteiger charge is -2.42. The number of fused-ring (bicyclic) bond motifs is 1. The van der Waals surface area contributed by atoms with Crippen molar-refractivity contribution in [3.8, 4) is 0 Å². The third-order valence-corrected chi connectivity index (χ3v) is 8.26. The van der Waals surface area contributed by atoms with E-state index >= 15 is 0 Å². The number of allylic oxidation sites excluding steroid dienone is 3. The van der Waals surface area contributed by atoms with Gasteiger partial charge in [-0.25, -0.2) is 0 Å². The van der Waals surface area contributed by atoms with Crippen molar-refractivity contribution in [3.05, 3.63) is 34.9 Å². The highest BCUT2D eigenvalue weighted by Crippen LogP contribution is 2.58. The third-order valence-electron chi connectivity index (χ3n) is 8.26. The molecule has 3 N–H and O–H groups in total. The Morgan fingerprint density at radius 2 is 1.78 bits per heavy atom. The molecule has 184 valence electrons. The van der Waals surface area contributed by atoms with Crippen LogP contribution in [0.5, 0.6) is 0 Å². The van der Waals surface area contributed by atoms with Gasteiger partial charge in [-0.1, -0.05) is 63.0 Å². The highest BCUT2D eigenvalue weighted by molar-refractivity contribution is 5.28. The molecule has 3 fully saturated rings. The quantitative estimate of drug-likeness (QED) is 0.295. The fourth-order valence-corrected chi connectivity index (χ4v) is 6.45. The molecule has 0 aromatic carbocycles. The average Bonchev–Trinajstić information content (AvgIpc) is 3.09. The predicted molar refractivity (Wildman–Crippen MR) is 135 cm³/mol. The number of unbranched alkanes of at least 4 members (excludes halogenated alkanes) is 1. The molecule has 3 saturated carbocycles. The molecule has 0 bridgehead atoms. The van der Waals surface area contributed by atoms with Gasteiger partial charge in [0.05, 0.1) is 18.3 Å². The van der Waals surface area contributed by atoms with Crippen LogP contribution in [0.1, 0.15) is 112 Å². The van der Waals surface area contributed by atoms with Crippen LogP contribution in [0.2, 0.25) is 0 Å². The first kappa shape index (κ1) is 27.3. The van der Waals surface area contributed by atoms with Gasteiger partial charge in [-0.2, -0.15) is 0 Å². The van der Waals surface area contributed by atoms with Crippen LogP contribution in [0.4, 0.5) is 0 Å². The van der Waals surface area contributed by atoms with Crippen LogP contribution in [-0.2, 0) is 0 Å². The molecule has 4 atom stereocenters. The van der Waals surface area contributed by atoms with Gasteiger partial charge in [0, 0.05) is 0 Å². The first-order chi connectivity index (χ1) is 15.2. The Bertz CT molecular complexity index is 666. The summed E-state index contributed by atoms with van der Waals surface area (Å²) >= 11 is 0. The van der Waals surface area contributed by atoms with E-state index in [1.165, 1.54) is 50.5 Å². The minimum absolute atomic E-state index is 0.0225. The van der Waals surface area contributed by atoms with Gasteiger partial charge in [-0.15, -0.1) is 0 Å². The van der Waals surface area contributed by atoms with E-state index in [-0.39, 0.29) is 6.61 Å². The summed E-state index contributed by atoms with van der Waals surface area (Å²) in [5.74, 6) is 1.55. The molecular formula is C29H50O3. The molecule has 4 unspecified atom stereocenters. The minimum Gasteiger partial charge on any atom is -0.392 e. The molecule has 3 aliphatic rings. The van der Waals surface area contributed by atoms with Crippen molar-refractivity contribution in [3.63, 3.8) is 0 Å². The van der Waals surface area contributed by atoms with E-state index < -0.39 is 11.7 Å². The van der Waals surface area contributed by atoms with Crippen molar-refractivity contribution in [2.75, 3.05) is 6.61 Å². The molecule has 0 aromatic rings. The van der Waals surface area contributed by atoms with Crippen LogP contribution in [0, 0.1) is 17.3 Å². The molecule has 3 rings (SSSR count). The second kappa shape index (κ2) is 12.5. The second-order valence-corrected chi connectivity index (χ2v) is 11.0. The summed E-state index contributed by atoms with van der Waals surface area (Å²) < 4.78 is 0. The monoisotopic (exact) mass is 446 g/mol. The van der Waals surface area contributed by atoms with Gasteiger partial charge in [0.25, 0.3) is 0 Å².